The fourth-order valence-electron chi connectivity index (χ4n) is 2.24. The van der Waals surface area contributed by atoms with Crippen LogP contribution in [0.5, 0.6) is 5.75 Å². The van der Waals surface area contributed by atoms with Crippen molar-refractivity contribution in [3.05, 3.63) is 48.0 Å². The van der Waals surface area contributed by atoms with E-state index in [1.54, 1.807) is 19.4 Å². The number of pyridine rings is 1. The second-order valence-electron chi connectivity index (χ2n) is 5.04. The molecule has 104 valence electrons. The van der Waals surface area contributed by atoms with Gasteiger partial charge in [0.05, 0.1) is 13.3 Å². The molecule has 4 heteroatoms. The molecule has 0 unspecified atom stereocenters. The lowest BCUT2D eigenvalue weighted by Gasteiger charge is -2.12. The molecule has 2 aromatic rings. The van der Waals surface area contributed by atoms with Crippen molar-refractivity contribution >= 4 is 0 Å². The van der Waals surface area contributed by atoms with Gasteiger partial charge in [0.15, 0.2) is 0 Å². The third-order valence-electron chi connectivity index (χ3n) is 3.52. The minimum absolute atomic E-state index is 0.307. The van der Waals surface area contributed by atoms with Crippen molar-refractivity contribution in [1.29, 1.82) is 0 Å². The van der Waals surface area contributed by atoms with Gasteiger partial charge in [-0.2, -0.15) is 0 Å². The van der Waals surface area contributed by atoms with Crippen molar-refractivity contribution in [1.82, 2.24) is 10.3 Å². The number of ether oxygens (including phenoxy) is 1. The number of nitrogens with zero attached hydrogens (tertiary/aromatic N) is 1. The Morgan fingerprint density at radius 1 is 1.35 bits per heavy atom. The summed E-state index contributed by atoms with van der Waals surface area (Å²) in [5.41, 5.74) is 2.46. The van der Waals surface area contributed by atoms with Crippen LogP contribution in [0.1, 0.15) is 18.4 Å². The summed E-state index contributed by atoms with van der Waals surface area (Å²) in [6.07, 6.45) is 5.31. The molecule has 3 rings (SSSR count). The maximum Gasteiger partial charge on any atom is 0.149 e. The van der Waals surface area contributed by atoms with Gasteiger partial charge in [-0.25, -0.2) is 4.39 Å². The van der Waals surface area contributed by atoms with Crippen molar-refractivity contribution in [3.8, 4) is 16.9 Å². The maximum atomic E-state index is 13.8. The molecular weight excluding hydrogens is 255 g/mol. The summed E-state index contributed by atoms with van der Waals surface area (Å²) in [7, 11) is 1.66. The van der Waals surface area contributed by atoms with E-state index in [-0.39, 0.29) is 5.82 Å². The highest BCUT2D eigenvalue weighted by Crippen LogP contribution is 2.29. The number of halogens is 1. The molecule has 1 N–H and O–H groups in total. The van der Waals surface area contributed by atoms with Crippen LogP contribution in [0.3, 0.4) is 0 Å². The first kappa shape index (κ1) is 13.1. The molecule has 0 spiro atoms. The zero-order valence-corrected chi connectivity index (χ0v) is 11.4. The number of methoxy groups -OCH3 is 1. The molecule has 0 radical (unpaired) electrons. The molecule has 3 nitrogen and oxygen atoms in total. The number of rotatable bonds is 5. The van der Waals surface area contributed by atoms with Crippen molar-refractivity contribution in [2.24, 2.45) is 0 Å². The summed E-state index contributed by atoms with van der Waals surface area (Å²) in [5, 5.41) is 3.45. The maximum absolute atomic E-state index is 13.8. The first-order valence-corrected chi connectivity index (χ1v) is 6.78. The summed E-state index contributed by atoms with van der Waals surface area (Å²) < 4.78 is 19.2. The van der Waals surface area contributed by atoms with Crippen LogP contribution < -0.4 is 10.1 Å². The van der Waals surface area contributed by atoms with E-state index in [1.807, 2.05) is 18.2 Å². The quantitative estimate of drug-likeness (QED) is 0.908. The molecule has 0 amide bonds. The number of aromatic nitrogens is 1. The third-order valence-corrected chi connectivity index (χ3v) is 3.52. The van der Waals surface area contributed by atoms with Crippen LogP contribution in [-0.4, -0.2) is 18.1 Å². The molecule has 0 aliphatic heterocycles. The lowest BCUT2D eigenvalue weighted by atomic mass is 10.0. The van der Waals surface area contributed by atoms with Crippen LogP contribution in [0, 0.1) is 5.82 Å². The van der Waals surface area contributed by atoms with Crippen LogP contribution in [-0.2, 0) is 6.54 Å². The first-order chi connectivity index (χ1) is 9.78. The zero-order chi connectivity index (χ0) is 13.9. The van der Waals surface area contributed by atoms with E-state index in [1.165, 1.54) is 19.0 Å². The van der Waals surface area contributed by atoms with E-state index in [9.17, 15) is 4.39 Å². The second kappa shape index (κ2) is 5.59. The molecule has 0 saturated heterocycles. The van der Waals surface area contributed by atoms with Gasteiger partial charge in [-0.1, -0.05) is 6.07 Å². The predicted molar refractivity (Wildman–Crippen MR) is 76.0 cm³/mol. The zero-order valence-electron chi connectivity index (χ0n) is 11.4. The lowest BCUT2D eigenvalue weighted by molar-refractivity contribution is 0.407. The SMILES string of the molecule is COc1ccc(-c2ccncc2F)cc1CNC1CC1. The number of nitrogens with one attached hydrogen (secondary N) is 1. The Morgan fingerprint density at radius 2 is 2.20 bits per heavy atom. The summed E-state index contributed by atoms with van der Waals surface area (Å²) in [6, 6.07) is 8.06. The van der Waals surface area contributed by atoms with Crippen LogP contribution in [0.25, 0.3) is 11.1 Å². The van der Waals surface area contributed by atoms with Gasteiger partial charge in [0.2, 0.25) is 0 Å². The Balaban J connectivity index is 1.91. The van der Waals surface area contributed by atoms with Gasteiger partial charge < -0.3 is 10.1 Å². The smallest absolute Gasteiger partial charge is 0.149 e. The average molecular weight is 272 g/mol. The van der Waals surface area contributed by atoms with Gasteiger partial charge in [-0.05, 0) is 36.6 Å². The fraction of sp³-hybridized carbons (Fsp3) is 0.312. The fourth-order valence-corrected chi connectivity index (χ4v) is 2.24. The molecule has 1 heterocycles. The van der Waals surface area contributed by atoms with Gasteiger partial charge in [0.25, 0.3) is 0 Å². The topological polar surface area (TPSA) is 34.1 Å². The van der Waals surface area contributed by atoms with E-state index in [4.69, 9.17) is 4.74 Å². The molecule has 1 aliphatic carbocycles. The van der Waals surface area contributed by atoms with Crippen LogP contribution in [0.2, 0.25) is 0 Å². The molecule has 0 atom stereocenters. The molecule has 20 heavy (non-hydrogen) atoms. The monoisotopic (exact) mass is 272 g/mol. The Morgan fingerprint density at radius 3 is 2.90 bits per heavy atom. The molecule has 1 aliphatic rings. The Hall–Kier alpha value is -1.94. The van der Waals surface area contributed by atoms with E-state index >= 15 is 0 Å². The Kier molecular flexibility index (Phi) is 3.65. The average Bonchev–Trinajstić information content (AvgIpc) is 3.29. The van der Waals surface area contributed by atoms with Gasteiger partial charge in [0, 0.05) is 29.9 Å². The van der Waals surface area contributed by atoms with E-state index in [0.29, 0.717) is 11.6 Å². The van der Waals surface area contributed by atoms with E-state index < -0.39 is 0 Å². The summed E-state index contributed by atoms with van der Waals surface area (Å²) in [6.45, 7) is 0.744. The normalized spacial score (nSPS) is 14.3. The minimum Gasteiger partial charge on any atom is -0.496 e. The van der Waals surface area contributed by atoms with Gasteiger partial charge in [-0.15, -0.1) is 0 Å². The largest absolute Gasteiger partial charge is 0.496 e. The Labute approximate surface area is 117 Å². The first-order valence-electron chi connectivity index (χ1n) is 6.78. The molecule has 1 aromatic heterocycles. The number of hydrogen-bond acceptors (Lipinski definition) is 3. The standard InChI is InChI=1S/C16H17FN2O/c1-20-16-5-2-11(14-6-7-18-10-15(14)17)8-12(16)9-19-13-3-4-13/h2,5-8,10,13,19H,3-4,9H2,1H3. The van der Waals surface area contributed by atoms with Gasteiger partial charge in [-0.3, -0.25) is 4.98 Å². The Bertz CT molecular complexity index is 611. The highest BCUT2D eigenvalue weighted by Gasteiger charge is 2.20. The van der Waals surface area contributed by atoms with Crippen molar-refractivity contribution in [3.63, 3.8) is 0 Å². The van der Waals surface area contributed by atoms with Crippen molar-refractivity contribution < 1.29 is 9.13 Å². The second-order valence-corrected chi connectivity index (χ2v) is 5.04. The van der Waals surface area contributed by atoms with E-state index in [2.05, 4.69) is 10.3 Å². The lowest BCUT2D eigenvalue weighted by Crippen LogP contribution is -2.15. The minimum atomic E-state index is -0.307. The van der Waals surface area contributed by atoms with Crippen LogP contribution in [0.4, 0.5) is 4.39 Å². The van der Waals surface area contributed by atoms with Crippen molar-refractivity contribution in [2.45, 2.75) is 25.4 Å². The molecule has 1 aromatic carbocycles. The number of benzene rings is 1. The highest BCUT2D eigenvalue weighted by atomic mass is 19.1. The van der Waals surface area contributed by atoms with Crippen LogP contribution in [0.15, 0.2) is 36.7 Å². The highest BCUT2D eigenvalue weighted by molar-refractivity contribution is 5.65. The van der Waals surface area contributed by atoms with Crippen LogP contribution >= 0.6 is 0 Å². The predicted octanol–water partition coefficient (Wildman–Crippen LogP) is 3.15. The third kappa shape index (κ3) is 2.80. The molecule has 1 saturated carbocycles. The van der Waals surface area contributed by atoms with Gasteiger partial charge in [0.1, 0.15) is 11.6 Å². The van der Waals surface area contributed by atoms with Gasteiger partial charge >= 0.3 is 0 Å². The summed E-state index contributed by atoms with van der Waals surface area (Å²) in [5.74, 6) is 0.523. The number of hydrogen-bond donors (Lipinski definition) is 1. The molecular formula is C16H17FN2O. The van der Waals surface area contributed by atoms with Crippen molar-refractivity contribution in [2.75, 3.05) is 7.11 Å². The summed E-state index contributed by atoms with van der Waals surface area (Å²) in [4.78, 5) is 3.78. The molecule has 1 fully saturated rings. The van der Waals surface area contributed by atoms with E-state index in [0.717, 1.165) is 23.4 Å². The summed E-state index contributed by atoms with van der Waals surface area (Å²) >= 11 is 0. The molecule has 0 bridgehead atoms.